The number of rotatable bonds is 5. The van der Waals surface area contributed by atoms with Crippen molar-refractivity contribution in [2.45, 2.75) is 12.8 Å². The summed E-state index contributed by atoms with van der Waals surface area (Å²) in [5, 5.41) is 10.4. The highest BCUT2D eigenvalue weighted by atomic mass is 16.5. The Morgan fingerprint density at radius 3 is 2.80 bits per heavy atom. The number of fused-ring (bicyclic) bond motifs is 1. The van der Waals surface area contributed by atoms with Crippen LogP contribution in [0.3, 0.4) is 0 Å². The average Bonchev–Trinajstić information content (AvgIpc) is 2.93. The Morgan fingerprint density at radius 2 is 2.05 bits per heavy atom. The van der Waals surface area contributed by atoms with E-state index < -0.39 is 0 Å². The Kier molecular flexibility index (Phi) is 4.29. The number of carbonyl (C=O) groups is 2. The molecule has 2 aromatic rings. The molecular weight excluding hydrogens is 260 g/mol. The van der Waals surface area contributed by atoms with Crippen LogP contribution in [0, 0.1) is 0 Å². The summed E-state index contributed by atoms with van der Waals surface area (Å²) in [6.45, 7) is 0.491. The van der Waals surface area contributed by atoms with E-state index in [9.17, 15) is 9.59 Å². The summed E-state index contributed by atoms with van der Waals surface area (Å²) < 4.78 is 4.56. The van der Waals surface area contributed by atoms with Crippen LogP contribution in [-0.2, 0) is 9.53 Å². The first-order valence-electron chi connectivity index (χ1n) is 6.24. The first-order chi connectivity index (χ1) is 9.61. The highest BCUT2D eigenvalue weighted by molar-refractivity contribution is 5.97. The largest absolute Gasteiger partial charge is 0.469 e. The third kappa shape index (κ3) is 3.11. The van der Waals surface area contributed by atoms with Gasteiger partial charge in [-0.05, 0) is 24.6 Å². The monoisotopic (exact) mass is 276 g/mol. The maximum atomic E-state index is 12.2. The van der Waals surface area contributed by atoms with Crippen LogP contribution >= 0.6 is 0 Å². The van der Waals surface area contributed by atoms with Crippen LogP contribution in [0.5, 0.6) is 0 Å². The second-order valence-electron chi connectivity index (χ2n) is 4.43. The third-order valence-electron chi connectivity index (χ3n) is 3.01. The topological polar surface area (TPSA) is 88.2 Å². The fourth-order valence-electron chi connectivity index (χ4n) is 1.86. The fourth-order valence-corrected chi connectivity index (χ4v) is 1.86. The lowest BCUT2D eigenvalue weighted by Crippen LogP contribution is -2.28. The number of nitrogens with zero attached hydrogens (tertiary/aromatic N) is 3. The SMILES string of the molecule is COC(=O)CCCN(C)C(=O)c1ccc2n[nH]nc2c1. The van der Waals surface area contributed by atoms with E-state index in [1.165, 1.54) is 7.11 Å². The Hall–Kier alpha value is -2.44. The van der Waals surface area contributed by atoms with Crippen LogP contribution in [-0.4, -0.2) is 52.9 Å². The van der Waals surface area contributed by atoms with Gasteiger partial charge < -0.3 is 9.64 Å². The van der Waals surface area contributed by atoms with Gasteiger partial charge in [0, 0.05) is 25.6 Å². The van der Waals surface area contributed by atoms with Gasteiger partial charge in [0.25, 0.3) is 5.91 Å². The lowest BCUT2D eigenvalue weighted by Gasteiger charge is -2.16. The molecule has 1 heterocycles. The molecule has 0 atom stereocenters. The molecule has 0 aliphatic rings. The number of nitrogens with one attached hydrogen (secondary N) is 1. The molecule has 0 fully saturated rings. The summed E-state index contributed by atoms with van der Waals surface area (Å²) in [6, 6.07) is 5.15. The highest BCUT2D eigenvalue weighted by Crippen LogP contribution is 2.12. The van der Waals surface area contributed by atoms with Crippen molar-refractivity contribution in [2.24, 2.45) is 0 Å². The number of aromatic nitrogens is 3. The Bertz CT molecular complexity index is 623. The molecule has 106 valence electrons. The Morgan fingerprint density at radius 1 is 1.30 bits per heavy atom. The molecule has 20 heavy (non-hydrogen) atoms. The van der Waals surface area contributed by atoms with Crippen molar-refractivity contribution in [3.63, 3.8) is 0 Å². The number of aromatic amines is 1. The number of ether oxygens (including phenoxy) is 1. The fraction of sp³-hybridized carbons (Fsp3) is 0.385. The van der Waals surface area contributed by atoms with Crippen LogP contribution in [0.4, 0.5) is 0 Å². The van der Waals surface area contributed by atoms with Gasteiger partial charge in [-0.15, -0.1) is 0 Å². The van der Waals surface area contributed by atoms with Crippen molar-refractivity contribution >= 4 is 22.9 Å². The van der Waals surface area contributed by atoms with Crippen molar-refractivity contribution in [1.29, 1.82) is 0 Å². The molecule has 0 aliphatic heterocycles. The number of esters is 1. The average molecular weight is 276 g/mol. The summed E-state index contributed by atoms with van der Waals surface area (Å²) in [4.78, 5) is 24.8. The van der Waals surface area contributed by atoms with E-state index in [1.807, 2.05) is 0 Å². The maximum Gasteiger partial charge on any atom is 0.305 e. The van der Waals surface area contributed by atoms with E-state index in [0.717, 1.165) is 5.52 Å². The molecule has 0 spiro atoms. The van der Waals surface area contributed by atoms with Gasteiger partial charge in [-0.2, -0.15) is 15.4 Å². The number of H-pyrrole nitrogens is 1. The van der Waals surface area contributed by atoms with Gasteiger partial charge in [0.15, 0.2) is 0 Å². The Labute approximate surface area is 115 Å². The quantitative estimate of drug-likeness (QED) is 0.822. The predicted octanol–water partition coefficient (Wildman–Crippen LogP) is 0.983. The molecule has 1 amide bonds. The summed E-state index contributed by atoms with van der Waals surface area (Å²) in [6.07, 6.45) is 0.873. The van der Waals surface area contributed by atoms with E-state index in [2.05, 4.69) is 20.1 Å². The third-order valence-corrected chi connectivity index (χ3v) is 3.01. The predicted molar refractivity (Wildman–Crippen MR) is 72.1 cm³/mol. The van der Waals surface area contributed by atoms with Crippen molar-refractivity contribution in [2.75, 3.05) is 20.7 Å². The van der Waals surface area contributed by atoms with Gasteiger partial charge >= 0.3 is 5.97 Å². The van der Waals surface area contributed by atoms with Crippen molar-refractivity contribution < 1.29 is 14.3 Å². The number of hydrogen-bond acceptors (Lipinski definition) is 5. The molecule has 7 nitrogen and oxygen atoms in total. The van der Waals surface area contributed by atoms with Crippen LogP contribution in [0.15, 0.2) is 18.2 Å². The molecule has 0 bridgehead atoms. The molecule has 0 unspecified atom stereocenters. The molecule has 0 radical (unpaired) electrons. The molecule has 2 rings (SSSR count). The second-order valence-corrected chi connectivity index (χ2v) is 4.43. The smallest absolute Gasteiger partial charge is 0.305 e. The van der Waals surface area contributed by atoms with Crippen LogP contribution < -0.4 is 0 Å². The first-order valence-corrected chi connectivity index (χ1v) is 6.24. The summed E-state index contributed by atoms with van der Waals surface area (Å²) >= 11 is 0. The van der Waals surface area contributed by atoms with E-state index in [0.29, 0.717) is 30.5 Å². The zero-order valence-electron chi connectivity index (χ0n) is 11.4. The normalized spacial score (nSPS) is 10.5. The van der Waals surface area contributed by atoms with Gasteiger partial charge in [0.2, 0.25) is 0 Å². The van der Waals surface area contributed by atoms with Crippen molar-refractivity contribution in [3.8, 4) is 0 Å². The highest BCUT2D eigenvalue weighted by Gasteiger charge is 2.13. The minimum absolute atomic E-state index is 0.111. The second kappa shape index (κ2) is 6.14. The van der Waals surface area contributed by atoms with Gasteiger partial charge in [-0.1, -0.05) is 0 Å². The zero-order valence-corrected chi connectivity index (χ0v) is 11.4. The zero-order chi connectivity index (χ0) is 14.5. The molecule has 1 aromatic carbocycles. The molecule has 7 heteroatoms. The number of methoxy groups -OCH3 is 1. The van der Waals surface area contributed by atoms with Gasteiger partial charge in [0.1, 0.15) is 11.0 Å². The van der Waals surface area contributed by atoms with Crippen molar-refractivity contribution in [3.05, 3.63) is 23.8 Å². The molecular formula is C13H16N4O3. The van der Waals surface area contributed by atoms with Crippen LogP contribution in [0.25, 0.3) is 11.0 Å². The molecule has 0 saturated heterocycles. The summed E-state index contributed by atoms with van der Waals surface area (Å²) in [5.74, 6) is -0.380. The van der Waals surface area contributed by atoms with E-state index in [4.69, 9.17) is 0 Å². The number of amides is 1. The van der Waals surface area contributed by atoms with Crippen molar-refractivity contribution in [1.82, 2.24) is 20.3 Å². The minimum Gasteiger partial charge on any atom is -0.469 e. The number of hydrogen-bond donors (Lipinski definition) is 1. The number of benzene rings is 1. The van der Waals surface area contributed by atoms with E-state index in [-0.39, 0.29) is 11.9 Å². The molecule has 1 aromatic heterocycles. The minimum atomic E-state index is -0.269. The van der Waals surface area contributed by atoms with Gasteiger partial charge in [-0.3, -0.25) is 9.59 Å². The molecule has 0 aliphatic carbocycles. The van der Waals surface area contributed by atoms with Gasteiger partial charge in [0.05, 0.1) is 7.11 Å². The van der Waals surface area contributed by atoms with Crippen LogP contribution in [0.2, 0.25) is 0 Å². The van der Waals surface area contributed by atoms with E-state index in [1.54, 1.807) is 30.1 Å². The first kappa shape index (κ1) is 14.0. The summed E-state index contributed by atoms with van der Waals surface area (Å²) in [7, 11) is 3.05. The van der Waals surface area contributed by atoms with E-state index >= 15 is 0 Å². The Balaban J connectivity index is 1.97. The van der Waals surface area contributed by atoms with Crippen LogP contribution in [0.1, 0.15) is 23.2 Å². The number of carbonyl (C=O) groups excluding carboxylic acids is 2. The lowest BCUT2D eigenvalue weighted by molar-refractivity contribution is -0.140. The standard InChI is InChI=1S/C13H16N4O3/c1-17(7-3-4-12(18)20-2)13(19)9-5-6-10-11(8-9)15-16-14-10/h5-6,8H,3-4,7H2,1-2H3,(H,14,15,16). The van der Waals surface area contributed by atoms with Gasteiger partial charge in [-0.25, -0.2) is 0 Å². The summed E-state index contributed by atoms with van der Waals surface area (Å²) in [5.41, 5.74) is 1.92. The maximum absolute atomic E-state index is 12.2. The molecule has 0 saturated carbocycles. The molecule has 1 N–H and O–H groups in total. The lowest BCUT2D eigenvalue weighted by atomic mass is 10.1.